The van der Waals surface area contributed by atoms with E-state index < -0.39 is 0 Å². The summed E-state index contributed by atoms with van der Waals surface area (Å²) in [7, 11) is 0. The third-order valence-corrected chi connectivity index (χ3v) is 8.26. The van der Waals surface area contributed by atoms with Crippen LogP contribution in [0, 0.1) is 17.8 Å². The van der Waals surface area contributed by atoms with Crippen molar-refractivity contribution in [2.75, 3.05) is 24.6 Å². The average molecular weight is 338 g/mol. The molecule has 1 aromatic carbocycles. The van der Waals surface area contributed by atoms with Crippen LogP contribution < -0.4 is 4.90 Å². The van der Waals surface area contributed by atoms with E-state index in [1.807, 2.05) is 0 Å². The van der Waals surface area contributed by atoms with Gasteiger partial charge in [0.2, 0.25) is 5.91 Å². The number of carbonyl (C=O) groups is 1. The highest BCUT2D eigenvalue weighted by atomic mass is 16.5. The van der Waals surface area contributed by atoms with Crippen molar-refractivity contribution in [2.24, 2.45) is 17.8 Å². The second-order valence-electron chi connectivity index (χ2n) is 8.92. The molecule has 1 saturated carbocycles. The summed E-state index contributed by atoms with van der Waals surface area (Å²) in [4.78, 5) is 17.6. The number of ether oxygens (including phenoxy) is 1. The molecule has 0 aromatic heterocycles. The van der Waals surface area contributed by atoms with Gasteiger partial charge in [-0.1, -0.05) is 18.2 Å². The Bertz CT molecular complexity index is 764. The van der Waals surface area contributed by atoms with Gasteiger partial charge in [-0.05, 0) is 43.9 Å². The molecule has 0 N–H and O–H groups in total. The molecule has 1 spiro atoms. The van der Waals surface area contributed by atoms with Gasteiger partial charge >= 0.3 is 0 Å². The zero-order valence-corrected chi connectivity index (χ0v) is 15.0. The molecular weight excluding hydrogens is 312 g/mol. The molecule has 4 fully saturated rings. The first-order valence-electron chi connectivity index (χ1n) is 9.88. The molecule has 4 heterocycles. The summed E-state index contributed by atoms with van der Waals surface area (Å²) in [5, 5.41) is 0. The van der Waals surface area contributed by atoms with Gasteiger partial charge in [0, 0.05) is 42.4 Å². The number of benzene rings is 1. The number of piperidine rings is 1. The summed E-state index contributed by atoms with van der Waals surface area (Å²) in [6.45, 7) is 7.18. The van der Waals surface area contributed by atoms with E-state index in [4.69, 9.17) is 4.74 Å². The van der Waals surface area contributed by atoms with E-state index in [1.165, 1.54) is 37.2 Å². The van der Waals surface area contributed by atoms with Crippen LogP contribution >= 0.6 is 0 Å². The van der Waals surface area contributed by atoms with E-state index in [-0.39, 0.29) is 17.4 Å². The van der Waals surface area contributed by atoms with Crippen molar-refractivity contribution in [1.82, 2.24) is 4.90 Å². The second-order valence-corrected chi connectivity index (χ2v) is 8.92. The minimum atomic E-state index is 0.123. The molecule has 4 aliphatic heterocycles. The van der Waals surface area contributed by atoms with Gasteiger partial charge in [-0.15, -0.1) is 0 Å². The van der Waals surface area contributed by atoms with Crippen LogP contribution in [0.3, 0.4) is 0 Å². The third kappa shape index (κ3) is 1.55. The number of hydrogen-bond donors (Lipinski definition) is 0. The van der Waals surface area contributed by atoms with Crippen LogP contribution in [0.15, 0.2) is 24.3 Å². The number of hydrogen-bond acceptors (Lipinski definition) is 3. The minimum absolute atomic E-state index is 0.123. The largest absolute Gasteiger partial charge is 0.378 e. The van der Waals surface area contributed by atoms with Gasteiger partial charge < -0.3 is 9.64 Å². The van der Waals surface area contributed by atoms with E-state index >= 15 is 0 Å². The summed E-state index contributed by atoms with van der Waals surface area (Å²) in [6, 6.07) is 9.60. The molecule has 1 unspecified atom stereocenters. The van der Waals surface area contributed by atoms with Crippen LogP contribution in [0.5, 0.6) is 0 Å². The SMILES string of the molecule is CC(=O)N1c2ccccc2[C@]23CCN4C[C@H]5C(C)OC[C@H]([C@H]5C[C@H]42)[C@H]13. The molecule has 5 aliphatic rings. The Balaban J connectivity index is 1.60. The number of anilines is 1. The smallest absolute Gasteiger partial charge is 0.224 e. The molecular formula is C21H26N2O2. The lowest BCUT2D eigenvalue weighted by molar-refractivity contribution is -0.153. The quantitative estimate of drug-likeness (QED) is 0.728. The van der Waals surface area contributed by atoms with E-state index in [0.717, 1.165) is 6.61 Å². The van der Waals surface area contributed by atoms with Crippen molar-refractivity contribution < 1.29 is 9.53 Å². The fourth-order valence-electron chi connectivity index (χ4n) is 7.43. The molecule has 4 nitrogen and oxygen atoms in total. The Morgan fingerprint density at radius 2 is 2.08 bits per heavy atom. The van der Waals surface area contributed by atoms with Gasteiger partial charge in [-0.25, -0.2) is 0 Å². The monoisotopic (exact) mass is 338 g/mol. The lowest BCUT2D eigenvalue weighted by Gasteiger charge is -2.60. The zero-order valence-electron chi connectivity index (χ0n) is 15.0. The molecule has 3 saturated heterocycles. The van der Waals surface area contributed by atoms with E-state index in [1.54, 1.807) is 6.92 Å². The first kappa shape index (κ1) is 14.7. The highest BCUT2D eigenvalue weighted by molar-refractivity contribution is 5.96. The first-order valence-corrected chi connectivity index (χ1v) is 9.88. The molecule has 4 heteroatoms. The summed E-state index contributed by atoms with van der Waals surface area (Å²) < 4.78 is 6.27. The van der Waals surface area contributed by atoms with Crippen molar-refractivity contribution in [1.29, 1.82) is 0 Å². The van der Waals surface area contributed by atoms with Gasteiger partial charge in [0.25, 0.3) is 0 Å². The molecule has 7 atom stereocenters. The van der Waals surface area contributed by atoms with Gasteiger partial charge in [-0.3, -0.25) is 9.69 Å². The van der Waals surface area contributed by atoms with Gasteiger partial charge in [0.15, 0.2) is 0 Å². The number of nitrogens with zero attached hydrogens (tertiary/aromatic N) is 2. The van der Waals surface area contributed by atoms with E-state index in [2.05, 4.69) is 41.0 Å². The number of carbonyl (C=O) groups excluding carboxylic acids is 1. The van der Waals surface area contributed by atoms with Crippen molar-refractivity contribution >= 4 is 11.6 Å². The standard InChI is InChI=1S/C21H26N2O2/c1-12-15-10-22-8-7-21-17-5-3-4-6-18(17)23(13(2)24)20(21)16(11-25-12)14(15)9-19(21)22/h3-6,12,14-16,19-20H,7-11H2,1-2H3/t12?,14-,15-,16+,19-,20-,21+/m0/s1. The lowest BCUT2D eigenvalue weighted by Crippen LogP contribution is -2.69. The van der Waals surface area contributed by atoms with Gasteiger partial charge in [0.1, 0.15) is 0 Å². The normalized spacial score (nSPS) is 46.7. The maximum absolute atomic E-state index is 12.8. The Hall–Kier alpha value is -1.39. The Morgan fingerprint density at radius 3 is 2.92 bits per heavy atom. The first-order chi connectivity index (χ1) is 12.1. The molecule has 132 valence electrons. The average Bonchev–Trinajstić information content (AvgIpc) is 3.14. The van der Waals surface area contributed by atoms with Crippen LogP contribution in [0.1, 0.15) is 32.3 Å². The molecule has 25 heavy (non-hydrogen) atoms. The van der Waals surface area contributed by atoms with E-state index in [0.29, 0.717) is 29.9 Å². The predicted molar refractivity (Wildman–Crippen MR) is 95.5 cm³/mol. The van der Waals surface area contributed by atoms with Crippen molar-refractivity contribution in [3.05, 3.63) is 29.8 Å². The molecule has 2 bridgehead atoms. The molecule has 1 aliphatic carbocycles. The van der Waals surface area contributed by atoms with Crippen LogP contribution in [-0.4, -0.2) is 48.7 Å². The van der Waals surface area contributed by atoms with Crippen LogP contribution in [-0.2, 0) is 14.9 Å². The number of amides is 1. The summed E-state index contributed by atoms with van der Waals surface area (Å²) in [5.41, 5.74) is 2.72. The Morgan fingerprint density at radius 1 is 1.24 bits per heavy atom. The number of rotatable bonds is 0. The zero-order chi connectivity index (χ0) is 16.9. The summed E-state index contributed by atoms with van der Waals surface area (Å²) in [6.07, 6.45) is 2.83. The third-order valence-electron chi connectivity index (χ3n) is 8.26. The summed E-state index contributed by atoms with van der Waals surface area (Å²) in [5.74, 6) is 2.01. The highest BCUT2D eigenvalue weighted by Crippen LogP contribution is 2.64. The minimum Gasteiger partial charge on any atom is -0.378 e. The van der Waals surface area contributed by atoms with Crippen LogP contribution in [0.25, 0.3) is 0 Å². The maximum Gasteiger partial charge on any atom is 0.224 e. The van der Waals surface area contributed by atoms with Gasteiger partial charge in [0.05, 0.1) is 18.8 Å². The van der Waals surface area contributed by atoms with Crippen LogP contribution in [0.2, 0.25) is 0 Å². The fourth-order valence-corrected chi connectivity index (χ4v) is 7.43. The Kier molecular flexibility index (Phi) is 2.75. The summed E-state index contributed by atoms with van der Waals surface area (Å²) >= 11 is 0. The van der Waals surface area contributed by atoms with E-state index in [9.17, 15) is 4.79 Å². The second kappa shape index (κ2) is 4.66. The van der Waals surface area contributed by atoms with Crippen molar-refractivity contribution in [2.45, 2.75) is 50.3 Å². The molecule has 1 amide bonds. The topological polar surface area (TPSA) is 32.8 Å². The molecule has 0 radical (unpaired) electrons. The molecule has 1 aromatic rings. The highest BCUT2D eigenvalue weighted by Gasteiger charge is 2.69. The fraction of sp³-hybridized carbons (Fsp3) is 0.667. The van der Waals surface area contributed by atoms with Crippen LogP contribution in [0.4, 0.5) is 5.69 Å². The predicted octanol–water partition coefficient (Wildman–Crippen LogP) is 2.42. The van der Waals surface area contributed by atoms with Gasteiger partial charge in [-0.2, -0.15) is 0 Å². The van der Waals surface area contributed by atoms with Crippen molar-refractivity contribution in [3.8, 4) is 0 Å². The maximum atomic E-state index is 12.8. The van der Waals surface area contributed by atoms with Crippen molar-refractivity contribution in [3.63, 3.8) is 0 Å². The Labute approximate surface area is 149 Å². The lowest BCUT2D eigenvalue weighted by atomic mass is 9.53. The number of fused-ring (bicyclic) bond motifs is 2. The number of para-hydroxylation sites is 1. The molecule has 6 rings (SSSR count).